The van der Waals surface area contributed by atoms with Crippen LogP contribution in [0.15, 0.2) is 36.5 Å². The topological polar surface area (TPSA) is 113 Å². The SMILES string of the molecule is CCCCC/C=C\C/C=C\C/C=C\CC(O)C(O)CCCC(=O)OC[C@H](O)COC(=O)CCCCCCCCCCCCCCC. The van der Waals surface area contributed by atoms with Gasteiger partial charge in [0.25, 0.3) is 0 Å². The van der Waals surface area contributed by atoms with Gasteiger partial charge < -0.3 is 24.8 Å². The van der Waals surface area contributed by atoms with Crippen LogP contribution in [0.25, 0.3) is 0 Å². The van der Waals surface area contributed by atoms with Crippen molar-refractivity contribution in [3.05, 3.63) is 36.5 Å². The second-order valence-electron chi connectivity index (χ2n) is 12.7. The van der Waals surface area contributed by atoms with Crippen molar-refractivity contribution in [1.82, 2.24) is 0 Å². The molecule has 268 valence electrons. The monoisotopic (exact) mass is 651 g/mol. The maximum atomic E-state index is 12.0. The fraction of sp³-hybridized carbons (Fsp3) is 0.795. The van der Waals surface area contributed by atoms with Gasteiger partial charge in [-0.3, -0.25) is 9.59 Å². The first-order valence-electron chi connectivity index (χ1n) is 18.7. The molecule has 0 aliphatic heterocycles. The number of allylic oxidation sites excluding steroid dienone is 5. The van der Waals surface area contributed by atoms with Gasteiger partial charge >= 0.3 is 11.9 Å². The van der Waals surface area contributed by atoms with E-state index < -0.39 is 24.3 Å². The molecule has 0 aliphatic rings. The van der Waals surface area contributed by atoms with Gasteiger partial charge in [0.1, 0.15) is 19.3 Å². The van der Waals surface area contributed by atoms with E-state index in [9.17, 15) is 24.9 Å². The van der Waals surface area contributed by atoms with Crippen molar-refractivity contribution in [3.8, 4) is 0 Å². The lowest BCUT2D eigenvalue weighted by molar-refractivity contribution is -0.152. The van der Waals surface area contributed by atoms with E-state index >= 15 is 0 Å². The first-order chi connectivity index (χ1) is 22.4. The Bertz CT molecular complexity index is 776. The number of carbonyl (C=O) groups excluding carboxylic acids is 2. The number of aliphatic hydroxyl groups excluding tert-OH is 3. The molecule has 0 saturated carbocycles. The van der Waals surface area contributed by atoms with E-state index in [0.29, 0.717) is 19.3 Å². The third-order valence-electron chi connectivity index (χ3n) is 8.08. The van der Waals surface area contributed by atoms with Gasteiger partial charge in [-0.05, 0) is 51.4 Å². The molecule has 0 amide bonds. The standard InChI is InChI=1S/C39H70O7/c1-3-5-7-9-11-13-15-17-19-21-23-25-27-31-38(43)45-33-35(40)34-46-39(44)32-28-30-37(42)36(41)29-26-24-22-20-18-16-14-12-10-8-6-4-2/h12,14,18,20,24,26,35-37,40-42H,3-11,13,15-17,19,21-23,25,27-34H2,1-2H3/b14-12-,20-18-,26-24-/t35-,36?,37?/m1/s1. The molecule has 3 atom stereocenters. The molecule has 2 unspecified atom stereocenters. The average molecular weight is 651 g/mol. The minimum Gasteiger partial charge on any atom is -0.463 e. The Morgan fingerprint density at radius 2 is 0.957 bits per heavy atom. The largest absolute Gasteiger partial charge is 0.463 e. The van der Waals surface area contributed by atoms with Crippen LogP contribution in [0.1, 0.15) is 168 Å². The van der Waals surface area contributed by atoms with Gasteiger partial charge in [0.15, 0.2) is 0 Å². The molecule has 0 bridgehead atoms. The quantitative estimate of drug-likeness (QED) is 0.0369. The van der Waals surface area contributed by atoms with Crippen molar-refractivity contribution >= 4 is 11.9 Å². The van der Waals surface area contributed by atoms with Gasteiger partial charge in [0.05, 0.1) is 12.2 Å². The molecule has 0 aromatic rings. The number of hydrogen-bond donors (Lipinski definition) is 3. The first kappa shape index (κ1) is 44.0. The van der Waals surface area contributed by atoms with E-state index in [0.717, 1.165) is 38.5 Å². The molecule has 0 heterocycles. The van der Waals surface area contributed by atoms with E-state index in [1.165, 1.54) is 83.5 Å². The molecule has 7 heteroatoms. The summed E-state index contributed by atoms with van der Waals surface area (Å²) in [5, 5.41) is 30.3. The van der Waals surface area contributed by atoms with Crippen molar-refractivity contribution in [3.63, 3.8) is 0 Å². The highest BCUT2D eigenvalue weighted by Gasteiger charge is 2.16. The summed E-state index contributed by atoms with van der Waals surface area (Å²) in [5.41, 5.74) is 0. The van der Waals surface area contributed by atoms with E-state index in [4.69, 9.17) is 9.47 Å². The number of unbranched alkanes of at least 4 members (excludes halogenated alkanes) is 15. The van der Waals surface area contributed by atoms with Crippen LogP contribution < -0.4 is 0 Å². The lowest BCUT2D eigenvalue weighted by Crippen LogP contribution is -2.26. The number of aliphatic hydroxyl groups is 3. The molecule has 0 radical (unpaired) electrons. The summed E-state index contributed by atoms with van der Waals surface area (Å²) in [7, 11) is 0. The highest BCUT2D eigenvalue weighted by Crippen LogP contribution is 2.14. The zero-order valence-electron chi connectivity index (χ0n) is 29.6. The normalized spacial score (nSPS) is 13.9. The van der Waals surface area contributed by atoms with Gasteiger partial charge in [-0.1, -0.05) is 140 Å². The Morgan fingerprint density at radius 1 is 0.522 bits per heavy atom. The Morgan fingerprint density at radius 3 is 1.50 bits per heavy atom. The van der Waals surface area contributed by atoms with Crippen LogP contribution in [0, 0.1) is 0 Å². The summed E-state index contributed by atoms with van der Waals surface area (Å²) in [6.07, 6.45) is 33.8. The van der Waals surface area contributed by atoms with Crippen molar-refractivity contribution in [2.75, 3.05) is 13.2 Å². The Balaban J connectivity index is 3.70. The number of hydrogen-bond acceptors (Lipinski definition) is 7. The van der Waals surface area contributed by atoms with Crippen molar-refractivity contribution in [2.45, 2.75) is 186 Å². The molecule has 0 fully saturated rings. The minimum absolute atomic E-state index is 0.0724. The predicted molar refractivity (Wildman–Crippen MR) is 190 cm³/mol. The Kier molecular flexibility index (Phi) is 32.9. The molecule has 0 aromatic carbocycles. The molecule has 0 rings (SSSR count). The van der Waals surface area contributed by atoms with E-state index in [1.807, 2.05) is 12.2 Å². The highest BCUT2D eigenvalue weighted by atomic mass is 16.6. The van der Waals surface area contributed by atoms with Crippen molar-refractivity contribution in [2.24, 2.45) is 0 Å². The fourth-order valence-electron chi connectivity index (χ4n) is 5.07. The summed E-state index contributed by atoms with van der Waals surface area (Å²) >= 11 is 0. The summed E-state index contributed by atoms with van der Waals surface area (Å²) < 4.78 is 10.2. The van der Waals surface area contributed by atoms with Gasteiger partial charge in [-0.25, -0.2) is 0 Å². The molecule has 0 aromatic heterocycles. The van der Waals surface area contributed by atoms with Crippen LogP contribution in [0.2, 0.25) is 0 Å². The smallest absolute Gasteiger partial charge is 0.305 e. The third kappa shape index (κ3) is 32.0. The van der Waals surface area contributed by atoms with Gasteiger partial charge in [-0.2, -0.15) is 0 Å². The molecule has 46 heavy (non-hydrogen) atoms. The number of rotatable bonds is 33. The maximum Gasteiger partial charge on any atom is 0.305 e. The second kappa shape index (κ2) is 34.4. The highest BCUT2D eigenvalue weighted by molar-refractivity contribution is 5.69. The maximum absolute atomic E-state index is 12.0. The van der Waals surface area contributed by atoms with E-state index in [-0.39, 0.29) is 32.0 Å². The van der Waals surface area contributed by atoms with Crippen molar-refractivity contribution in [1.29, 1.82) is 0 Å². The van der Waals surface area contributed by atoms with Crippen LogP contribution in [-0.2, 0) is 19.1 Å². The van der Waals surface area contributed by atoms with Crippen LogP contribution >= 0.6 is 0 Å². The molecule has 0 aliphatic carbocycles. The molecular weight excluding hydrogens is 580 g/mol. The average Bonchev–Trinajstić information content (AvgIpc) is 3.05. The summed E-state index contributed by atoms with van der Waals surface area (Å²) in [5.74, 6) is -0.838. The summed E-state index contributed by atoms with van der Waals surface area (Å²) in [6.45, 7) is 4.01. The van der Waals surface area contributed by atoms with E-state index in [2.05, 4.69) is 38.2 Å². The summed E-state index contributed by atoms with van der Waals surface area (Å²) in [6, 6.07) is 0. The second-order valence-corrected chi connectivity index (χ2v) is 12.7. The zero-order valence-corrected chi connectivity index (χ0v) is 29.6. The zero-order chi connectivity index (χ0) is 33.9. The molecule has 3 N–H and O–H groups in total. The molecular formula is C39H70O7. The molecule has 7 nitrogen and oxygen atoms in total. The summed E-state index contributed by atoms with van der Waals surface area (Å²) in [4.78, 5) is 23.9. The van der Waals surface area contributed by atoms with Crippen molar-refractivity contribution < 1.29 is 34.4 Å². The fourth-order valence-corrected chi connectivity index (χ4v) is 5.07. The lowest BCUT2D eigenvalue weighted by Gasteiger charge is -2.16. The number of ether oxygens (including phenoxy) is 2. The number of esters is 2. The van der Waals surface area contributed by atoms with Crippen LogP contribution in [0.3, 0.4) is 0 Å². The Hall–Kier alpha value is -1.96. The first-order valence-corrected chi connectivity index (χ1v) is 18.7. The predicted octanol–water partition coefficient (Wildman–Crippen LogP) is 9.23. The van der Waals surface area contributed by atoms with Crippen LogP contribution in [0.5, 0.6) is 0 Å². The van der Waals surface area contributed by atoms with Gasteiger partial charge in [0.2, 0.25) is 0 Å². The molecule has 0 saturated heterocycles. The molecule has 0 spiro atoms. The van der Waals surface area contributed by atoms with Crippen LogP contribution in [-0.4, -0.2) is 58.8 Å². The Labute approximate surface area is 281 Å². The van der Waals surface area contributed by atoms with Gasteiger partial charge in [0, 0.05) is 12.8 Å². The minimum atomic E-state index is -1.07. The lowest BCUT2D eigenvalue weighted by atomic mass is 10.0. The van der Waals surface area contributed by atoms with E-state index in [1.54, 1.807) is 0 Å². The third-order valence-corrected chi connectivity index (χ3v) is 8.08. The number of carbonyl (C=O) groups is 2. The van der Waals surface area contributed by atoms with Gasteiger partial charge in [-0.15, -0.1) is 0 Å². The van der Waals surface area contributed by atoms with Crippen LogP contribution in [0.4, 0.5) is 0 Å².